The fourth-order valence-electron chi connectivity index (χ4n) is 6.04. The second kappa shape index (κ2) is 10.7. The molecule has 4 N–H and O–H groups in total. The lowest BCUT2D eigenvalue weighted by atomic mass is 9.94. The predicted octanol–water partition coefficient (Wildman–Crippen LogP) is 4.88. The van der Waals surface area contributed by atoms with Crippen LogP contribution in [0.2, 0.25) is 0 Å². The highest BCUT2D eigenvalue weighted by Gasteiger charge is 2.19. The van der Waals surface area contributed by atoms with Crippen LogP contribution < -0.4 is 15.5 Å². The van der Waals surface area contributed by atoms with Crippen molar-refractivity contribution in [2.45, 2.75) is 38.5 Å². The first-order valence-electron chi connectivity index (χ1n) is 14.2. The van der Waals surface area contributed by atoms with Gasteiger partial charge < -0.3 is 20.5 Å². The Bertz CT molecular complexity index is 1660. The number of aromatic amines is 2. The molecule has 2 aliphatic rings. The van der Waals surface area contributed by atoms with Gasteiger partial charge in [0.15, 0.2) is 5.65 Å². The number of nitrogens with zero attached hydrogens (tertiary/aromatic N) is 5. The van der Waals surface area contributed by atoms with Crippen LogP contribution in [0.25, 0.3) is 44.6 Å². The third-order valence-electron chi connectivity index (χ3n) is 8.17. The minimum Gasteiger partial charge on any atom is -0.371 e. The normalized spacial score (nSPS) is 16.6. The number of carbonyl (C=O) groups is 1. The summed E-state index contributed by atoms with van der Waals surface area (Å²) >= 11 is 0. The topological polar surface area (TPSA) is 128 Å². The Hall–Kier alpha value is -4.31. The van der Waals surface area contributed by atoms with E-state index >= 15 is 0 Å². The molecule has 1 amide bonds. The SMILES string of the molecule is O=C(CC1CCNCC1)Nc1cncc(-c2cnc3[nH]nc(-c4cc5c(N6CCCCC6)ccnc5[nH]4)c3c2)c1. The van der Waals surface area contributed by atoms with Gasteiger partial charge in [-0.25, -0.2) is 9.97 Å². The third kappa shape index (κ3) is 4.90. The Kier molecular flexibility index (Phi) is 6.60. The summed E-state index contributed by atoms with van der Waals surface area (Å²) in [5, 5.41) is 16.1. The molecule has 0 aromatic carbocycles. The monoisotopic (exact) mass is 535 g/mol. The van der Waals surface area contributed by atoms with E-state index in [0.717, 1.165) is 78.0 Å². The van der Waals surface area contributed by atoms with Gasteiger partial charge in [0.05, 0.1) is 17.6 Å². The maximum Gasteiger partial charge on any atom is 0.224 e. The maximum absolute atomic E-state index is 12.7. The number of hydrogen-bond donors (Lipinski definition) is 4. The van der Waals surface area contributed by atoms with Crippen LogP contribution >= 0.6 is 0 Å². The molecule has 0 radical (unpaired) electrons. The van der Waals surface area contributed by atoms with E-state index in [0.29, 0.717) is 23.7 Å². The van der Waals surface area contributed by atoms with E-state index in [4.69, 9.17) is 0 Å². The van der Waals surface area contributed by atoms with Crippen LogP contribution in [0.3, 0.4) is 0 Å². The first kappa shape index (κ1) is 24.7. The lowest BCUT2D eigenvalue weighted by molar-refractivity contribution is -0.117. The van der Waals surface area contributed by atoms with Crippen molar-refractivity contribution in [1.82, 2.24) is 35.5 Å². The van der Waals surface area contributed by atoms with Crippen molar-refractivity contribution in [3.63, 3.8) is 0 Å². The van der Waals surface area contributed by atoms with Crippen molar-refractivity contribution in [1.29, 1.82) is 0 Å². The zero-order valence-electron chi connectivity index (χ0n) is 22.4. The van der Waals surface area contributed by atoms with Crippen LogP contribution in [-0.2, 0) is 4.79 Å². The number of rotatable bonds is 6. The molecule has 5 aromatic rings. The van der Waals surface area contributed by atoms with E-state index in [2.05, 4.69) is 63.9 Å². The van der Waals surface area contributed by atoms with Crippen molar-refractivity contribution in [2.24, 2.45) is 5.92 Å². The molecule has 0 saturated carbocycles. The average Bonchev–Trinajstić information content (AvgIpc) is 3.62. The zero-order chi connectivity index (χ0) is 26.9. The third-order valence-corrected chi connectivity index (χ3v) is 8.17. The first-order valence-corrected chi connectivity index (χ1v) is 14.2. The summed E-state index contributed by atoms with van der Waals surface area (Å²) in [6.45, 7) is 4.11. The smallest absolute Gasteiger partial charge is 0.224 e. The van der Waals surface area contributed by atoms with Crippen LogP contribution in [0, 0.1) is 5.92 Å². The Balaban J connectivity index is 1.17. The summed E-state index contributed by atoms with van der Waals surface area (Å²) in [5.74, 6) is 0.465. The molecule has 0 bridgehead atoms. The van der Waals surface area contributed by atoms with Gasteiger partial charge in [0.2, 0.25) is 5.91 Å². The van der Waals surface area contributed by atoms with Crippen LogP contribution in [0.4, 0.5) is 11.4 Å². The van der Waals surface area contributed by atoms with E-state index in [1.807, 2.05) is 18.5 Å². The highest BCUT2D eigenvalue weighted by Crippen LogP contribution is 2.34. The largest absolute Gasteiger partial charge is 0.371 e. The van der Waals surface area contributed by atoms with Crippen molar-refractivity contribution in [2.75, 3.05) is 36.4 Å². The van der Waals surface area contributed by atoms with Crippen LogP contribution in [-0.4, -0.2) is 62.2 Å². The van der Waals surface area contributed by atoms with Gasteiger partial charge in [0.1, 0.15) is 11.3 Å². The molecule has 40 heavy (non-hydrogen) atoms. The van der Waals surface area contributed by atoms with Crippen LogP contribution in [0.15, 0.2) is 49.1 Å². The van der Waals surface area contributed by atoms with Crippen molar-refractivity contribution in [3.05, 3.63) is 49.1 Å². The van der Waals surface area contributed by atoms with Crippen molar-refractivity contribution < 1.29 is 4.79 Å². The Labute approximate surface area is 232 Å². The van der Waals surface area contributed by atoms with Gasteiger partial charge >= 0.3 is 0 Å². The molecule has 7 heterocycles. The summed E-state index contributed by atoms with van der Waals surface area (Å²) in [4.78, 5) is 32.2. The number of H-pyrrole nitrogens is 2. The summed E-state index contributed by atoms with van der Waals surface area (Å²) in [7, 11) is 0. The minimum absolute atomic E-state index is 0.0351. The number of anilines is 2. The molecule has 10 heteroatoms. The van der Waals surface area contributed by atoms with Gasteiger partial charge in [-0.3, -0.25) is 14.9 Å². The van der Waals surface area contributed by atoms with Crippen molar-refractivity contribution in [3.8, 4) is 22.5 Å². The fraction of sp³-hybridized carbons (Fsp3) is 0.367. The zero-order valence-corrected chi connectivity index (χ0v) is 22.4. The number of fused-ring (bicyclic) bond motifs is 2. The molecular formula is C30H33N9O. The summed E-state index contributed by atoms with van der Waals surface area (Å²) < 4.78 is 0. The standard InChI is InChI=1S/C30H33N9O/c40-27(12-19-4-7-31-8-5-19)35-22-13-20(16-32-18-22)21-14-24-28(37-38-30(24)34-17-21)25-15-23-26(6-9-33-29(23)36-25)39-10-2-1-3-11-39/h6,9,13-19,31H,1-5,7-8,10-12H2,(H,33,36)(H,35,40)(H,34,37,38). The Morgan fingerprint density at radius 2 is 1.80 bits per heavy atom. The number of amides is 1. The van der Waals surface area contributed by atoms with E-state index in [-0.39, 0.29) is 5.91 Å². The summed E-state index contributed by atoms with van der Waals surface area (Å²) in [6, 6.07) is 8.28. The molecule has 0 spiro atoms. The molecule has 0 aliphatic carbocycles. The number of pyridine rings is 3. The molecule has 5 aromatic heterocycles. The lowest BCUT2D eigenvalue weighted by Gasteiger charge is -2.29. The number of aromatic nitrogens is 6. The Morgan fingerprint density at radius 1 is 0.950 bits per heavy atom. The fourth-order valence-corrected chi connectivity index (χ4v) is 6.04. The van der Waals surface area contributed by atoms with Crippen molar-refractivity contribution >= 4 is 39.3 Å². The second-order valence-electron chi connectivity index (χ2n) is 10.9. The van der Waals surface area contributed by atoms with E-state index in [9.17, 15) is 4.79 Å². The average molecular weight is 536 g/mol. The molecule has 0 unspecified atom stereocenters. The predicted molar refractivity (Wildman–Crippen MR) is 157 cm³/mol. The lowest BCUT2D eigenvalue weighted by Crippen LogP contribution is -2.30. The van der Waals surface area contributed by atoms with Gasteiger partial charge in [-0.15, -0.1) is 0 Å². The Morgan fingerprint density at radius 3 is 2.67 bits per heavy atom. The minimum atomic E-state index is 0.0351. The van der Waals surface area contributed by atoms with Gasteiger partial charge in [-0.2, -0.15) is 5.10 Å². The highest BCUT2D eigenvalue weighted by molar-refractivity contribution is 5.99. The molecule has 10 nitrogen and oxygen atoms in total. The summed E-state index contributed by atoms with van der Waals surface area (Å²) in [5.41, 5.74) is 6.95. The van der Waals surface area contributed by atoms with E-state index in [1.165, 1.54) is 24.9 Å². The number of piperidine rings is 2. The van der Waals surface area contributed by atoms with E-state index < -0.39 is 0 Å². The van der Waals surface area contributed by atoms with Gasteiger partial charge in [-0.1, -0.05) is 0 Å². The number of carbonyl (C=O) groups excluding carboxylic acids is 1. The molecule has 7 rings (SSSR count). The van der Waals surface area contributed by atoms with Gasteiger partial charge in [0.25, 0.3) is 0 Å². The van der Waals surface area contributed by atoms with Crippen LogP contribution in [0.5, 0.6) is 0 Å². The molecular weight excluding hydrogens is 502 g/mol. The molecule has 2 aliphatic heterocycles. The molecule has 2 fully saturated rings. The number of nitrogens with one attached hydrogen (secondary N) is 4. The van der Waals surface area contributed by atoms with Gasteiger partial charge in [0, 0.05) is 65.7 Å². The van der Waals surface area contributed by atoms with Crippen LogP contribution in [0.1, 0.15) is 38.5 Å². The van der Waals surface area contributed by atoms with E-state index in [1.54, 1.807) is 12.4 Å². The molecule has 0 atom stereocenters. The maximum atomic E-state index is 12.7. The molecule has 204 valence electrons. The second-order valence-corrected chi connectivity index (χ2v) is 10.9. The number of hydrogen-bond acceptors (Lipinski definition) is 7. The first-order chi connectivity index (χ1) is 19.7. The van der Waals surface area contributed by atoms with Gasteiger partial charge in [-0.05, 0) is 75.4 Å². The summed E-state index contributed by atoms with van der Waals surface area (Å²) in [6.07, 6.45) is 13.5. The quantitative estimate of drug-likeness (QED) is 0.244. The highest BCUT2D eigenvalue weighted by atomic mass is 16.1. The molecule has 2 saturated heterocycles.